The molecule has 0 heterocycles. The fourth-order valence-corrected chi connectivity index (χ4v) is 2.02. The maximum absolute atomic E-state index is 12.4. The van der Waals surface area contributed by atoms with Gasteiger partial charge in [-0.2, -0.15) is 0 Å². The zero-order valence-corrected chi connectivity index (χ0v) is 14.9. The summed E-state index contributed by atoms with van der Waals surface area (Å²) in [7, 11) is 3.06. The van der Waals surface area contributed by atoms with Gasteiger partial charge >= 0.3 is 0 Å². The number of carbonyl (C=O) groups excluding carboxylic acids is 2. The van der Waals surface area contributed by atoms with Crippen molar-refractivity contribution in [3.8, 4) is 11.8 Å². The molecule has 0 spiro atoms. The van der Waals surface area contributed by atoms with Crippen LogP contribution in [0.15, 0.2) is 24.3 Å². The maximum atomic E-state index is 12.4. The minimum atomic E-state index is -0.532. The molecule has 0 saturated heterocycles. The minimum absolute atomic E-state index is 0.0474. The fraction of sp³-hybridized carbons (Fsp3) is 0.444. The van der Waals surface area contributed by atoms with Gasteiger partial charge in [-0.25, -0.2) is 5.48 Å². The number of hydroxylamine groups is 1. The van der Waals surface area contributed by atoms with Crippen molar-refractivity contribution in [2.45, 2.75) is 18.9 Å². The number of hydrogen-bond donors (Lipinski definition) is 3. The van der Waals surface area contributed by atoms with Gasteiger partial charge in [0.1, 0.15) is 13.4 Å². The first-order valence-corrected chi connectivity index (χ1v) is 7.99. The average Bonchev–Trinajstić information content (AvgIpc) is 2.66. The monoisotopic (exact) mass is 364 g/mol. The number of hydrogen-bond acceptors (Lipinski definition) is 6. The Kier molecular flexibility index (Phi) is 10.7. The van der Waals surface area contributed by atoms with E-state index in [0.29, 0.717) is 18.6 Å². The summed E-state index contributed by atoms with van der Waals surface area (Å²) in [6.45, 7) is 0.596. The lowest BCUT2D eigenvalue weighted by Gasteiger charge is -2.18. The highest BCUT2D eigenvalue weighted by Gasteiger charge is 2.15. The Morgan fingerprint density at radius 3 is 2.54 bits per heavy atom. The SMILES string of the molecule is COCC#Cc1ccc(C(=O)NC(CCC(=O)NO)COCOC)cc1. The van der Waals surface area contributed by atoms with E-state index in [1.165, 1.54) is 7.11 Å². The van der Waals surface area contributed by atoms with Crippen LogP contribution in [0.25, 0.3) is 0 Å². The number of amides is 2. The highest BCUT2D eigenvalue weighted by molar-refractivity contribution is 5.94. The Morgan fingerprint density at radius 2 is 1.92 bits per heavy atom. The molecule has 142 valence electrons. The second-order valence-electron chi connectivity index (χ2n) is 5.33. The lowest BCUT2D eigenvalue weighted by molar-refractivity contribution is -0.129. The van der Waals surface area contributed by atoms with Gasteiger partial charge in [-0.15, -0.1) is 0 Å². The number of nitrogens with one attached hydrogen (secondary N) is 2. The Bertz CT molecular complexity index is 621. The van der Waals surface area contributed by atoms with Gasteiger partial charge in [-0.1, -0.05) is 11.8 Å². The zero-order valence-electron chi connectivity index (χ0n) is 14.9. The summed E-state index contributed by atoms with van der Waals surface area (Å²) >= 11 is 0. The third-order valence-electron chi connectivity index (χ3n) is 3.30. The molecule has 26 heavy (non-hydrogen) atoms. The highest BCUT2D eigenvalue weighted by atomic mass is 16.7. The largest absolute Gasteiger partial charge is 0.372 e. The van der Waals surface area contributed by atoms with Gasteiger partial charge in [0.25, 0.3) is 5.91 Å². The van der Waals surface area contributed by atoms with Crippen LogP contribution in [0.5, 0.6) is 0 Å². The van der Waals surface area contributed by atoms with Crippen molar-refractivity contribution in [1.29, 1.82) is 0 Å². The van der Waals surface area contributed by atoms with Gasteiger partial charge in [0.05, 0.1) is 12.6 Å². The van der Waals surface area contributed by atoms with Gasteiger partial charge < -0.3 is 19.5 Å². The van der Waals surface area contributed by atoms with Gasteiger partial charge in [0.15, 0.2) is 0 Å². The van der Waals surface area contributed by atoms with Crippen LogP contribution in [-0.2, 0) is 19.0 Å². The van der Waals surface area contributed by atoms with Crippen LogP contribution in [0.4, 0.5) is 0 Å². The summed E-state index contributed by atoms with van der Waals surface area (Å²) in [5, 5.41) is 11.4. The number of ether oxygens (including phenoxy) is 3. The van der Waals surface area contributed by atoms with Crippen molar-refractivity contribution in [1.82, 2.24) is 10.8 Å². The smallest absolute Gasteiger partial charge is 0.251 e. The van der Waals surface area contributed by atoms with E-state index in [1.54, 1.807) is 36.9 Å². The molecule has 1 unspecified atom stereocenters. The molecule has 0 bridgehead atoms. The molecule has 0 fully saturated rings. The van der Waals surface area contributed by atoms with Gasteiger partial charge in [0.2, 0.25) is 5.91 Å². The molecule has 1 atom stereocenters. The van der Waals surface area contributed by atoms with Gasteiger partial charge in [-0.05, 0) is 30.7 Å². The molecule has 3 N–H and O–H groups in total. The van der Waals surface area contributed by atoms with E-state index in [0.717, 1.165) is 5.56 Å². The summed E-state index contributed by atoms with van der Waals surface area (Å²) in [6.07, 6.45) is 0.355. The number of carbonyl (C=O) groups is 2. The van der Waals surface area contributed by atoms with E-state index in [1.807, 2.05) is 0 Å². The lowest BCUT2D eigenvalue weighted by atomic mass is 10.1. The molecule has 1 rings (SSSR count). The van der Waals surface area contributed by atoms with E-state index in [-0.39, 0.29) is 25.7 Å². The van der Waals surface area contributed by atoms with Crippen LogP contribution in [0.3, 0.4) is 0 Å². The predicted octanol–water partition coefficient (Wildman–Crippen LogP) is 0.689. The van der Waals surface area contributed by atoms with E-state index in [9.17, 15) is 9.59 Å². The molecule has 0 saturated carbocycles. The molecule has 1 aromatic rings. The first kappa shape index (κ1) is 21.6. The molecule has 8 heteroatoms. The third-order valence-corrected chi connectivity index (χ3v) is 3.30. The van der Waals surface area contributed by atoms with Crippen molar-refractivity contribution in [3.05, 3.63) is 35.4 Å². The van der Waals surface area contributed by atoms with Crippen molar-refractivity contribution in [3.63, 3.8) is 0 Å². The van der Waals surface area contributed by atoms with E-state index in [2.05, 4.69) is 17.2 Å². The van der Waals surface area contributed by atoms with Crippen molar-refractivity contribution < 1.29 is 29.0 Å². The van der Waals surface area contributed by atoms with Crippen molar-refractivity contribution >= 4 is 11.8 Å². The third kappa shape index (κ3) is 8.60. The standard InChI is InChI=1S/C18H24N2O6/c1-24-11-3-4-14-5-7-15(8-6-14)18(22)19-16(12-26-13-25-2)9-10-17(21)20-23/h5-8,16,23H,9-13H2,1-2H3,(H,19,22)(H,20,21). The molecule has 0 aliphatic heterocycles. The van der Waals surface area contributed by atoms with Crippen LogP contribution >= 0.6 is 0 Å². The molecule has 0 radical (unpaired) electrons. The number of benzene rings is 1. The van der Waals surface area contributed by atoms with E-state index < -0.39 is 11.9 Å². The minimum Gasteiger partial charge on any atom is -0.372 e. The number of methoxy groups -OCH3 is 2. The van der Waals surface area contributed by atoms with Crippen LogP contribution in [0.1, 0.15) is 28.8 Å². The van der Waals surface area contributed by atoms with Crippen LogP contribution in [0, 0.1) is 11.8 Å². The average molecular weight is 364 g/mol. The summed E-state index contributed by atoms with van der Waals surface area (Å²) in [5.74, 6) is 4.92. The van der Waals surface area contributed by atoms with Gasteiger partial charge in [0, 0.05) is 31.8 Å². The quantitative estimate of drug-likeness (QED) is 0.185. The summed E-state index contributed by atoms with van der Waals surface area (Å²) in [4.78, 5) is 23.6. The molecule has 0 aromatic heterocycles. The van der Waals surface area contributed by atoms with E-state index >= 15 is 0 Å². The Morgan fingerprint density at radius 1 is 1.19 bits per heavy atom. The predicted molar refractivity (Wildman–Crippen MR) is 93.4 cm³/mol. The molecule has 2 amide bonds. The Balaban J connectivity index is 2.65. The molecular weight excluding hydrogens is 340 g/mol. The first-order chi connectivity index (χ1) is 12.6. The van der Waals surface area contributed by atoms with Crippen LogP contribution in [-0.4, -0.2) is 57.3 Å². The van der Waals surface area contributed by atoms with Crippen LogP contribution in [0.2, 0.25) is 0 Å². The lowest BCUT2D eigenvalue weighted by Crippen LogP contribution is -2.39. The summed E-state index contributed by atoms with van der Waals surface area (Å²) in [5.41, 5.74) is 2.80. The second kappa shape index (κ2) is 12.9. The van der Waals surface area contributed by atoms with E-state index in [4.69, 9.17) is 19.4 Å². The molecule has 8 nitrogen and oxygen atoms in total. The first-order valence-electron chi connectivity index (χ1n) is 7.99. The zero-order chi connectivity index (χ0) is 19.2. The topological polar surface area (TPSA) is 106 Å². The van der Waals surface area contributed by atoms with Crippen LogP contribution < -0.4 is 10.8 Å². The fourth-order valence-electron chi connectivity index (χ4n) is 2.02. The summed E-state index contributed by atoms with van der Waals surface area (Å²) in [6, 6.07) is 6.41. The van der Waals surface area contributed by atoms with Crippen molar-refractivity contribution in [2.75, 3.05) is 34.2 Å². The van der Waals surface area contributed by atoms with Crippen molar-refractivity contribution in [2.24, 2.45) is 0 Å². The maximum Gasteiger partial charge on any atom is 0.251 e. The normalized spacial score (nSPS) is 11.2. The number of rotatable bonds is 10. The molecular formula is C18H24N2O6. The Hall–Kier alpha value is -2.44. The molecule has 1 aromatic carbocycles. The van der Waals surface area contributed by atoms with Gasteiger partial charge in [-0.3, -0.25) is 14.8 Å². The molecule has 0 aliphatic rings. The highest BCUT2D eigenvalue weighted by Crippen LogP contribution is 2.06. The Labute approximate surface area is 152 Å². The second-order valence-corrected chi connectivity index (χ2v) is 5.33. The summed E-state index contributed by atoms with van der Waals surface area (Å²) < 4.78 is 14.9. The molecule has 0 aliphatic carbocycles.